The fourth-order valence-electron chi connectivity index (χ4n) is 3.79. The van der Waals surface area contributed by atoms with E-state index in [1.165, 1.54) is 0 Å². The summed E-state index contributed by atoms with van der Waals surface area (Å²) in [7, 11) is 0. The highest BCUT2D eigenvalue weighted by Crippen LogP contribution is 2.31. The molecule has 0 spiro atoms. The Bertz CT molecular complexity index is 1390. The van der Waals surface area contributed by atoms with E-state index in [4.69, 9.17) is 0 Å². The third-order valence-electron chi connectivity index (χ3n) is 5.44. The number of aliphatic imine (C=N–C) groups is 2. The molecule has 0 aliphatic rings. The van der Waals surface area contributed by atoms with Gasteiger partial charge in [-0.25, -0.2) is 0 Å². The van der Waals surface area contributed by atoms with Crippen molar-refractivity contribution in [2.75, 3.05) is 0 Å². The minimum Gasteiger partial charge on any atom is -0.507 e. The van der Waals surface area contributed by atoms with Crippen molar-refractivity contribution in [3.8, 4) is 11.5 Å². The van der Waals surface area contributed by atoms with E-state index in [0.29, 0.717) is 22.5 Å². The van der Waals surface area contributed by atoms with Gasteiger partial charge in [-0.2, -0.15) is 0 Å². The van der Waals surface area contributed by atoms with Crippen LogP contribution in [-0.2, 0) is 0 Å². The number of rotatable bonds is 4. The van der Waals surface area contributed by atoms with Gasteiger partial charge in [-0.3, -0.25) is 9.98 Å². The van der Waals surface area contributed by atoms with Crippen molar-refractivity contribution >= 4 is 45.3 Å². The first-order chi connectivity index (χ1) is 15.7. The number of phenolic OH excluding ortho intramolecular Hbond substituents is 2. The van der Waals surface area contributed by atoms with Gasteiger partial charge in [0.2, 0.25) is 0 Å². The molecular weight excluding hydrogens is 396 g/mol. The van der Waals surface area contributed by atoms with Crippen LogP contribution in [0.1, 0.15) is 11.1 Å². The molecule has 5 rings (SSSR count). The zero-order valence-electron chi connectivity index (χ0n) is 17.2. The molecule has 4 heteroatoms. The SMILES string of the molecule is Oc1ccc2ccccc2c1/C=N/c1ccccc1/N=C/c1c(O)ccc2ccccc12. The van der Waals surface area contributed by atoms with E-state index in [1.807, 2.05) is 84.9 Å². The maximum Gasteiger partial charge on any atom is 0.124 e. The predicted molar refractivity (Wildman–Crippen MR) is 132 cm³/mol. The molecule has 0 bridgehead atoms. The summed E-state index contributed by atoms with van der Waals surface area (Å²) in [4.78, 5) is 9.25. The summed E-state index contributed by atoms with van der Waals surface area (Å²) >= 11 is 0. The van der Waals surface area contributed by atoms with Crippen LogP contribution in [0.5, 0.6) is 11.5 Å². The highest BCUT2D eigenvalue weighted by atomic mass is 16.3. The molecule has 0 saturated heterocycles. The first kappa shape index (κ1) is 19.5. The van der Waals surface area contributed by atoms with Crippen LogP contribution < -0.4 is 0 Å². The maximum atomic E-state index is 10.4. The second-order valence-corrected chi connectivity index (χ2v) is 7.44. The summed E-state index contributed by atoms with van der Waals surface area (Å²) in [6.07, 6.45) is 3.34. The standard InChI is InChI=1S/C28H20N2O2/c31-27-15-13-19-7-1-3-9-21(19)23(27)17-29-25-11-5-6-12-26(25)30-18-24-22-10-4-2-8-20(22)14-16-28(24)32/h1-18,31-32H/b29-17+,30-18+. The van der Waals surface area contributed by atoms with Gasteiger partial charge in [-0.05, 0) is 45.8 Å². The summed E-state index contributed by atoms with van der Waals surface area (Å²) in [5.41, 5.74) is 2.65. The molecule has 0 aromatic heterocycles. The molecule has 0 heterocycles. The Morgan fingerprint density at radius 1 is 0.469 bits per heavy atom. The minimum atomic E-state index is 0.175. The van der Waals surface area contributed by atoms with Crippen molar-refractivity contribution < 1.29 is 10.2 Å². The average Bonchev–Trinajstić information content (AvgIpc) is 2.83. The lowest BCUT2D eigenvalue weighted by Gasteiger charge is -2.06. The van der Waals surface area contributed by atoms with E-state index in [1.54, 1.807) is 24.6 Å². The highest BCUT2D eigenvalue weighted by molar-refractivity contribution is 6.04. The summed E-state index contributed by atoms with van der Waals surface area (Å²) in [6, 6.07) is 30.4. The van der Waals surface area contributed by atoms with E-state index in [9.17, 15) is 10.2 Å². The number of hydrogen-bond acceptors (Lipinski definition) is 4. The average molecular weight is 416 g/mol. The molecule has 2 N–H and O–H groups in total. The normalized spacial score (nSPS) is 11.8. The van der Waals surface area contributed by atoms with Gasteiger partial charge in [0.05, 0.1) is 11.4 Å². The largest absolute Gasteiger partial charge is 0.507 e. The third kappa shape index (κ3) is 3.70. The van der Waals surface area contributed by atoms with Crippen molar-refractivity contribution in [1.82, 2.24) is 0 Å². The molecule has 32 heavy (non-hydrogen) atoms. The fraction of sp³-hybridized carbons (Fsp3) is 0. The van der Waals surface area contributed by atoms with Gasteiger partial charge >= 0.3 is 0 Å². The number of benzene rings is 5. The third-order valence-corrected chi connectivity index (χ3v) is 5.44. The summed E-state index contributed by atoms with van der Waals surface area (Å²) in [6.45, 7) is 0. The summed E-state index contributed by atoms with van der Waals surface area (Å²) < 4.78 is 0. The zero-order valence-corrected chi connectivity index (χ0v) is 17.2. The molecule has 4 nitrogen and oxygen atoms in total. The molecule has 5 aromatic rings. The van der Waals surface area contributed by atoms with E-state index in [0.717, 1.165) is 21.5 Å². The van der Waals surface area contributed by atoms with Crippen LogP contribution in [0.2, 0.25) is 0 Å². The first-order valence-corrected chi connectivity index (χ1v) is 10.3. The van der Waals surface area contributed by atoms with Crippen molar-refractivity contribution in [3.05, 3.63) is 108 Å². The molecule has 0 aliphatic heterocycles. The van der Waals surface area contributed by atoms with Gasteiger partial charge in [-0.1, -0.05) is 72.8 Å². The van der Waals surface area contributed by atoms with Gasteiger partial charge in [0.25, 0.3) is 0 Å². The lowest BCUT2D eigenvalue weighted by Crippen LogP contribution is -1.87. The molecule has 0 amide bonds. The van der Waals surface area contributed by atoms with Crippen molar-refractivity contribution in [2.45, 2.75) is 0 Å². The summed E-state index contributed by atoms with van der Waals surface area (Å²) in [5, 5.41) is 24.7. The number of fused-ring (bicyclic) bond motifs is 2. The van der Waals surface area contributed by atoms with Crippen LogP contribution in [0.4, 0.5) is 11.4 Å². The first-order valence-electron chi connectivity index (χ1n) is 10.3. The fourth-order valence-corrected chi connectivity index (χ4v) is 3.79. The van der Waals surface area contributed by atoms with Gasteiger partial charge < -0.3 is 10.2 Å². The highest BCUT2D eigenvalue weighted by Gasteiger charge is 2.07. The second kappa shape index (κ2) is 8.36. The Morgan fingerprint density at radius 3 is 1.34 bits per heavy atom. The van der Waals surface area contributed by atoms with Crippen LogP contribution in [0, 0.1) is 0 Å². The molecule has 0 radical (unpaired) electrons. The molecular formula is C28H20N2O2. The Hall–Kier alpha value is -4.44. The number of hydrogen-bond donors (Lipinski definition) is 2. The van der Waals surface area contributed by atoms with Gasteiger partial charge in [-0.15, -0.1) is 0 Å². The number of para-hydroxylation sites is 2. The zero-order chi connectivity index (χ0) is 21.9. The molecule has 0 atom stereocenters. The van der Waals surface area contributed by atoms with Crippen molar-refractivity contribution in [2.24, 2.45) is 9.98 Å². The van der Waals surface area contributed by atoms with Gasteiger partial charge in [0, 0.05) is 23.6 Å². The van der Waals surface area contributed by atoms with E-state index < -0.39 is 0 Å². The quantitative estimate of drug-likeness (QED) is 0.313. The smallest absolute Gasteiger partial charge is 0.124 e. The van der Waals surface area contributed by atoms with Crippen LogP contribution in [0.25, 0.3) is 21.5 Å². The van der Waals surface area contributed by atoms with Crippen LogP contribution in [-0.4, -0.2) is 22.6 Å². The molecule has 0 aliphatic carbocycles. The Balaban J connectivity index is 1.54. The Labute approximate surface area is 185 Å². The maximum absolute atomic E-state index is 10.4. The predicted octanol–water partition coefficient (Wildman–Crippen LogP) is 6.91. The van der Waals surface area contributed by atoms with E-state index in [2.05, 4.69) is 9.98 Å². The molecule has 5 aromatic carbocycles. The van der Waals surface area contributed by atoms with E-state index >= 15 is 0 Å². The van der Waals surface area contributed by atoms with Crippen molar-refractivity contribution in [3.63, 3.8) is 0 Å². The van der Waals surface area contributed by atoms with Crippen LogP contribution >= 0.6 is 0 Å². The Morgan fingerprint density at radius 2 is 0.875 bits per heavy atom. The monoisotopic (exact) mass is 416 g/mol. The molecule has 0 fully saturated rings. The topological polar surface area (TPSA) is 65.2 Å². The lowest BCUT2D eigenvalue weighted by molar-refractivity contribution is 0.475. The van der Waals surface area contributed by atoms with Crippen molar-refractivity contribution in [1.29, 1.82) is 0 Å². The van der Waals surface area contributed by atoms with Gasteiger partial charge in [0.15, 0.2) is 0 Å². The van der Waals surface area contributed by atoms with Gasteiger partial charge in [0.1, 0.15) is 11.5 Å². The number of aromatic hydroxyl groups is 2. The lowest BCUT2D eigenvalue weighted by atomic mass is 10.0. The summed E-state index contributed by atoms with van der Waals surface area (Å²) in [5.74, 6) is 0.350. The molecule has 0 saturated carbocycles. The minimum absolute atomic E-state index is 0.175. The molecule has 0 unspecified atom stereocenters. The Kier molecular flexibility index (Phi) is 5.10. The molecule has 154 valence electrons. The van der Waals surface area contributed by atoms with Crippen LogP contribution in [0.15, 0.2) is 107 Å². The second-order valence-electron chi connectivity index (χ2n) is 7.44. The number of phenols is 2. The van der Waals surface area contributed by atoms with Crippen LogP contribution in [0.3, 0.4) is 0 Å². The number of nitrogens with zero attached hydrogens (tertiary/aromatic N) is 2. The van der Waals surface area contributed by atoms with E-state index in [-0.39, 0.29) is 11.5 Å².